The van der Waals surface area contributed by atoms with Gasteiger partial charge in [0, 0.05) is 5.92 Å². The number of rotatable bonds is 2. The molecular formula is C10H17N3O. The van der Waals surface area contributed by atoms with Crippen molar-refractivity contribution < 1.29 is 4.79 Å². The number of allylic oxidation sites excluding steroid dienone is 2. The summed E-state index contributed by atoms with van der Waals surface area (Å²) in [6.45, 7) is 6.36. The zero-order valence-electron chi connectivity index (χ0n) is 8.87. The highest BCUT2D eigenvalue weighted by molar-refractivity contribution is 6.00. The van der Waals surface area contributed by atoms with E-state index in [0.717, 1.165) is 12.1 Å². The fourth-order valence-corrected chi connectivity index (χ4v) is 2.00. The van der Waals surface area contributed by atoms with Crippen LogP contribution in [-0.2, 0) is 0 Å². The average Bonchev–Trinajstić information content (AvgIpc) is 2.38. The van der Waals surface area contributed by atoms with Gasteiger partial charge in [0.25, 0.3) is 0 Å². The molecule has 0 fully saturated rings. The van der Waals surface area contributed by atoms with E-state index in [9.17, 15) is 4.79 Å². The minimum absolute atomic E-state index is 0.367. The molecule has 0 saturated carbocycles. The van der Waals surface area contributed by atoms with Crippen molar-refractivity contribution in [1.29, 1.82) is 0 Å². The number of nitrogens with one attached hydrogen (secondary N) is 1. The molecule has 14 heavy (non-hydrogen) atoms. The van der Waals surface area contributed by atoms with Crippen LogP contribution in [0.5, 0.6) is 0 Å². The topological polar surface area (TPSA) is 67.5 Å². The molecule has 0 aromatic rings. The fourth-order valence-electron chi connectivity index (χ4n) is 2.00. The van der Waals surface area contributed by atoms with Crippen molar-refractivity contribution in [2.45, 2.75) is 27.2 Å². The Labute approximate surface area is 84.2 Å². The van der Waals surface area contributed by atoms with Gasteiger partial charge in [0.05, 0.1) is 5.71 Å². The van der Waals surface area contributed by atoms with Crippen LogP contribution in [0.4, 0.5) is 4.79 Å². The van der Waals surface area contributed by atoms with E-state index in [4.69, 9.17) is 5.73 Å². The Bertz CT molecular complexity index is 294. The Morgan fingerprint density at radius 2 is 2.36 bits per heavy atom. The molecule has 4 heteroatoms. The summed E-state index contributed by atoms with van der Waals surface area (Å²) in [6.07, 6.45) is 3.12. The summed E-state index contributed by atoms with van der Waals surface area (Å²) in [5.74, 6) is 0.912. The van der Waals surface area contributed by atoms with Gasteiger partial charge in [0.15, 0.2) is 0 Å². The number of hydrogen-bond acceptors (Lipinski definition) is 2. The molecule has 1 rings (SSSR count). The summed E-state index contributed by atoms with van der Waals surface area (Å²) >= 11 is 0. The maximum absolute atomic E-state index is 10.5. The van der Waals surface area contributed by atoms with Crippen molar-refractivity contribution >= 4 is 11.7 Å². The molecule has 2 amide bonds. The number of primary amides is 1. The highest BCUT2D eigenvalue weighted by Gasteiger charge is 2.27. The molecule has 0 heterocycles. The number of nitrogens with zero attached hydrogens (tertiary/aromatic N) is 1. The van der Waals surface area contributed by atoms with Crippen molar-refractivity contribution in [3.05, 3.63) is 11.6 Å². The number of nitrogens with two attached hydrogens (primary N) is 1. The second-order valence-corrected chi connectivity index (χ2v) is 3.70. The summed E-state index contributed by atoms with van der Waals surface area (Å²) in [5, 5.41) is 3.97. The second kappa shape index (κ2) is 4.26. The van der Waals surface area contributed by atoms with Gasteiger partial charge in [-0.15, -0.1) is 0 Å². The summed E-state index contributed by atoms with van der Waals surface area (Å²) in [5.41, 5.74) is 9.44. The van der Waals surface area contributed by atoms with Gasteiger partial charge in [0.2, 0.25) is 0 Å². The predicted octanol–water partition coefficient (Wildman–Crippen LogP) is 1.63. The van der Waals surface area contributed by atoms with Crippen LogP contribution in [-0.4, -0.2) is 11.7 Å². The zero-order chi connectivity index (χ0) is 10.7. The maximum atomic E-state index is 10.5. The van der Waals surface area contributed by atoms with Crippen molar-refractivity contribution in [2.75, 3.05) is 0 Å². The Hall–Kier alpha value is -1.32. The first-order valence-electron chi connectivity index (χ1n) is 4.87. The lowest BCUT2D eigenvalue weighted by atomic mass is 9.90. The van der Waals surface area contributed by atoms with Gasteiger partial charge in [-0.3, -0.25) is 0 Å². The molecule has 1 aliphatic carbocycles. The highest BCUT2D eigenvalue weighted by atomic mass is 16.2. The number of carbonyl (C=O) groups excluding carboxylic acids is 1. The number of hydrogen-bond donors (Lipinski definition) is 2. The third kappa shape index (κ3) is 2.13. The minimum Gasteiger partial charge on any atom is -0.350 e. The third-order valence-electron chi connectivity index (χ3n) is 2.77. The van der Waals surface area contributed by atoms with Crippen LogP contribution in [0.3, 0.4) is 0 Å². The molecule has 2 atom stereocenters. The highest BCUT2D eigenvalue weighted by Crippen LogP contribution is 2.31. The lowest BCUT2D eigenvalue weighted by Gasteiger charge is -2.15. The molecular weight excluding hydrogens is 178 g/mol. The molecule has 0 aromatic carbocycles. The molecule has 3 N–H and O–H groups in total. The summed E-state index contributed by atoms with van der Waals surface area (Å²) in [4.78, 5) is 10.5. The van der Waals surface area contributed by atoms with E-state index in [2.05, 4.69) is 31.3 Å². The molecule has 2 unspecified atom stereocenters. The lowest BCUT2D eigenvalue weighted by molar-refractivity contribution is 0.249. The molecule has 0 aromatic heterocycles. The number of urea groups is 1. The number of carbonyl (C=O) groups is 1. The van der Waals surface area contributed by atoms with E-state index < -0.39 is 6.03 Å². The summed E-state index contributed by atoms with van der Waals surface area (Å²) in [6, 6.07) is -0.615. The van der Waals surface area contributed by atoms with E-state index in [0.29, 0.717) is 11.8 Å². The molecule has 0 saturated heterocycles. The smallest absolute Gasteiger partial charge is 0.332 e. The fraction of sp³-hybridized carbons (Fsp3) is 0.600. The minimum atomic E-state index is -0.615. The lowest BCUT2D eigenvalue weighted by Crippen LogP contribution is -2.26. The zero-order valence-corrected chi connectivity index (χ0v) is 8.87. The first-order valence-corrected chi connectivity index (χ1v) is 4.87. The Morgan fingerprint density at radius 1 is 1.71 bits per heavy atom. The van der Waals surface area contributed by atoms with Crippen LogP contribution in [0.15, 0.2) is 16.8 Å². The van der Waals surface area contributed by atoms with Crippen molar-refractivity contribution in [3.8, 4) is 0 Å². The molecule has 0 radical (unpaired) electrons. The largest absolute Gasteiger partial charge is 0.350 e. The predicted molar refractivity (Wildman–Crippen MR) is 56.9 cm³/mol. The molecule has 78 valence electrons. The summed E-state index contributed by atoms with van der Waals surface area (Å²) < 4.78 is 0. The first-order chi connectivity index (χ1) is 6.56. The van der Waals surface area contributed by atoms with Crippen LogP contribution in [0.2, 0.25) is 0 Å². The maximum Gasteiger partial charge on any atom is 0.332 e. The number of hydrazone groups is 1. The standard InChI is InChI=1S/C10H17N3O/c1-4-8-6(2)5-9(7(8)3)12-13-10(11)14/h5,7-8H,4H2,1-3H3,(H3,11,13,14)/b12-9+. The summed E-state index contributed by atoms with van der Waals surface area (Å²) in [7, 11) is 0. The second-order valence-electron chi connectivity index (χ2n) is 3.70. The third-order valence-corrected chi connectivity index (χ3v) is 2.77. The molecule has 1 aliphatic rings. The van der Waals surface area contributed by atoms with E-state index in [1.807, 2.05) is 6.08 Å². The van der Waals surface area contributed by atoms with Crippen LogP contribution in [0.25, 0.3) is 0 Å². The molecule has 4 nitrogen and oxygen atoms in total. The van der Waals surface area contributed by atoms with E-state index in [-0.39, 0.29) is 0 Å². The van der Waals surface area contributed by atoms with Crippen molar-refractivity contribution in [2.24, 2.45) is 22.7 Å². The molecule has 0 aliphatic heterocycles. The van der Waals surface area contributed by atoms with Gasteiger partial charge in [-0.2, -0.15) is 5.10 Å². The van der Waals surface area contributed by atoms with Crippen LogP contribution in [0.1, 0.15) is 27.2 Å². The van der Waals surface area contributed by atoms with Crippen LogP contribution >= 0.6 is 0 Å². The van der Waals surface area contributed by atoms with Gasteiger partial charge < -0.3 is 5.73 Å². The normalized spacial score (nSPS) is 29.1. The van der Waals surface area contributed by atoms with E-state index in [1.54, 1.807) is 0 Å². The Morgan fingerprint density at radius 3 is 2.79 bits per heavy atom. The van der Waals surface area contributed by atoms with Gasteiger partial charge in [-0.25, -0.2) is 10.2 Å². The van der Waals surface area contributed by atoms with Crippen LogP contribution < -0.4 is 11.2 Å². The van der Waals surface area contributed by atoms with Crippen molar-refractivity contribution in [3.63, 3.8) is 0 Å². The number of amides is 2. The Balaban J connectivity index is 2.74. The monoisotopic (exact) mass is 195 g/mol. The van der Waals surface area contributed by atoms with Crippen molar-refractivity contribution in [1.82, 2.24) is 5.43 Å². The molecule has 0 bridgehead atoms. The SMILES string of the molecule is CCC1C(C)=C/C(=N\NC(N)=O)C1C. The van der Waals surface area contributed by atoms with Gasteiger partial charge in [0.1, 0.15) is 0 Å². The first kappa shape index (κ1) is 10.8. The Kier molecular flexibility index (Phi) is 3.28. The average molecular weight is 195 g/mol. The quantitative estimate of drug-likeness (QED) is 0.646. The van der Waals surface area contributed by atoms with Gasteiger partial charge in [-0.05, 0) is 25.3 Å². The van der Waals surface area contributed by atoms with Gasteiger partial charge >= 0.3 is 6.03 Å². The van der Waals surface area contributed by atoms with Crippen LogP contribution in [0, 0.1) is 11.8 Å². The van der Waals surface area contributed by atoms with E-state index in [1.165, 1.54) is 5.57 Å². The molecule has 0 spiro atoms. The van der Waals surface area contributed by atoms with E-state index >= 15 is 0 Å². The van der Waals surface area contributed by atoms with Gasteiger partial charge in [-0.1, -0.05) is 19.4 Å².